The second-order valence-electron chi connectivity index (χ2n) is 4.65. The van der Waals surface area contributed by atoms with E-state index in [9.17, 15) is 4.39 Å². The van der Waals surface area contributed by atoms with Gasteiger partial charge in [0.15, 0.2) is 0 Å². The molecular formula is C17H18BrF. The lowest BCUT2D eigenvalue weighted by molar-refractivity contribution is 0.626. The Balaban J connectivity index is 2.36. The van der Waals surface area contributed by atoms with Gasteiger partial charge >= 0.3 is 0 Å². The Labute approximate surface area is 122 Å². The zero-order valence-corrected chi connectivity index (χ0v) is 12.9. The van der Waals surface area contributed by atoms with Crippen LogP contribution in [-0.4, -0.2) is 0 Å². The van der Waals surface area contributed by atoms with Crippen LogP contribution in [0.3, 0.4) is 0 Å². The van der Waals surface area contributed by atoms with Crippen LogP contribution < -0.4 is 0 Å². The first kappa shape index (κ1) is 14.3. The van der Waals surface area contributed by atoms with E-state index in [1.54, 1.807) is 12.1 Å². The van der Waals surface area contributed by atoms with Gasteiger partial charge in [0, 0.05) is 0 Å². The van der Waals surface area contributed by atoms with Crippen LogP contribution >= 0.6 is 15.9 Å². The molecule has 0 fully saturated rings. The summed E-state index contributed by atoms with van der Waals surface area (Å²) in [6.45, 7) is 4.34. The molecule has 2 aromatic carbocycles. The van der Waals surface area contributed by atoms with E-state index >= 15 is 0 Å². The van der Waals surface area contributed by atoms with Gasteiger partial charge in [0.2, 0.25) is 0 Å². The van der Waals surface area contributed by atoms with Crippen LogP contribution in [0.1, 0.15) is 40.9 Å². The molecule has 0 saturated heterocycles. The van der Waals surface area contributed by atoms with Crippen LogP contribution in [0, 0.1) is 5.82 Å². The molecule has 0 amide bonds. The monoisotopic (exact) mass is 320 g/mol. The lowest BCUT2D eigenvalue weighted by Crippen LogP contribution is -1.98. The van der Waals surface area contributed by atoms with Gasteiger partial charge in [-0.2, -0.15) is 0 Å². The van der Waals surface area contributed by atoms with Crippen LogP contribution in [0.25, 0.3) is 0 Å². The molecule has 2 heteroatoms. The molecule has 19 heavy (non-hydrogen) atoms. The maximum Gasteiger partial charge on any atom is 0.123 e. The molecule has 0 aliphatic heterocycles. The van der Waals surface area contributed by atoms with E-state index in [2.05, 4.69) is 48.0 Å². The van der Waals surface area contributed by atoms with Crippen molar-refractivity contribution in [2.75, 3.05) is 0 Å². The van der Waals surface area contributed by atoms with Crippen molar-refractivity contribution in [1.82, 2.24) is 0 Å². The van der Waals surface area contributed by atoms with Gasteiger partial charge in [0.1, 0.15) is 5.82 Å². The molecule has 1 atom stereocenters. The van der Waals surface area contributed by atoms with Crippen LogP contribution in [0.5, 0.6) is 0 Å². The molecule has 0 radical (unpaired) electrons. The molecular weight excluding hydrogens is 303 g/mol. The van der Waals surface area contributed by atoms with Crippen molar-refractivity contribution < 1.29 is 4.39 Å². The lowest BCUT2D eigenvalue weighted by atomic mass is 9.96. The van der Waals surface area contributed by atoms with Crippen molar-refractivity contribution in [3.05, 3.63) is 70.5 Å². The number of alkyl halides is 1. The Bertz CT molecular complexity index is 563. The maximum atomic E-state index is 13.3. The molecule has 0 heterocycles. The number of rotatable bonds is 4. The SMILES string of the molecule is CCc1ccc(C(Br)c2cccc(F)c2)cc1CC. The van der Waals surface area contributed by atoms with Crippen molar-refractivity contribution in [2.24, 2.45) is 0 Å². The summed E-state index contributed by atoms with van der Waals surface area (Å²) in [7, 11) is 0. The Morgan fingerprint density at radius 2 is 1.63 bits per heavy atom. The molecule has 2 rings (SSSR count). The summed E-state index contributed by atoms with van der Waals surface area (Å²) >= 11 is 3.67. The standard InChI is InChI=1S/C17H18BrF/c1-3-12-8-9-15(10-13(12)4-2)17(18)14-6-5-7-16(19)11-14/h5-11,17H,3-4H2,1-2H3. The lowest BCUT2D eigenvalue weighted by Gasteiger charge is -2.14. The van der Waals surface area contributed by atoms with E-state index in [0.717, 1.165) is 18.4 Å². The second kappa shape index (κ2) is 6.33. The van der Waals surface area contributed by atoms with Crippen molar-refractivity contribution in [3.63, 3.8) is 0 Å². The fraction of sp³-hybridized carbons (Fsp3) is 0.294. The molecule has 0 bridgehead atoms. The van der Waals surface area contributed by atoms with E-state index in [1.165, 1.54) is 22.8 Å². The van der Waals surface area contributed by atoms with E-state index < -0.39 is 0 Å². The normalized spacial score (nSPS) is 12.4. The summed E-state index contributed by atoms with van der Waals surface area (Å²) in [6, 6.07) is 13.3. The molecule has 100 valence electrons. The largest absolute Gasteiger partial charge is 0.207 e. The van der Waals surface area contributed by atoms with Gasteiger partial charge in [-0.05, 0) is 47.2 Å². The van der Waals surface area contributed by atoms with Gasteiger partial charge in [0.25, 0.3) is 0 Å². The van der Waals surface area contributed by atoms with Crippen LogP contribution in [-0.2, 0) is 12.8 Å². The topological polar surface area (TPSA) is 0 Å². The van der Waals surface area contributed by atoms with Crippen LogP contribution in [0.15, 0.2) is 42.5 Å². The fourth-order valence-corrected chi connectivity index (χ4v) is 2.90. The Morgan fingerprint density at radius 3 is 2.26 bits per heavy atom. The zero-order chi connectivity index (χ0) is 13.8. The van der Waals surface area contributed by atoms with Crippen molar-refractivity contribution >= 4 is 15.9 Å². The molecule has 0 saturated carbocycles. The van der Waals surface area contributed by atoms with Crippen LogP contribution in [0.4, 0.5) is 4.39 Å². The minimum absolute atomic E-state index is 0.0411. The van der Waals surface area contributed by atoms with Gasteiger partial charge in [-0.25, -0.2) is 4.39 Å². The van der Waals surface area contributed by atoms with Gasteiger partial charge < -0.3 is 0 Å². The molecule has 0 aliphatic carbocycles. The van der Waals surface area contributed by atoms with Crippen molar-refractivity contribution in [2.45, 2.75) is 31.5 Å². The highest BCUT2D eigenvalue weighted by atomic mass is 79.9. The number of benzene rings is 2. The average Bonchev–Trinajstić information content (AvgIpc) is 2.45. The van der Waals surface area contributed by atoms with Crippen molar-refractivity contribution in [1.29, 1.82) is 0 Å². The highest BCUT2D eigenvalue weighted by Crippen LogP contribution is 2.32. The average molecular weight is 321 g/mol. The first-order valence-electron chi connectivity index (χ1n) is 6.67. The first-order chi connectivity index (χ1) is 9.15. The Kier molecular flexibility index (Phi) is 4.76. The molecule has 0 aliphatic rings. The van der Waals surface area contributed by atoms with E-state index in [1.807, 2.05) is 6.07 Å². The highest BCUT2D eigenvalue weighted by Gasteiger charge is 2.12. The van der Waals surface area contributed by atoms with Crippen LogP contribution in [0.2, 0.25) is 0 Å². The third-order valence-corrected chi connectivity index (χ3v) is 4.48. The van der Waals surface area contributed by atoms with E-state index in [-0.39, 0.29) is 10.6 Å². The molecule has 1 unspecified atom stereocenters. The van der Waals surface area contributed by atoms with Gasteiger partial charge in [0.05, 0.1) is 4.83 Å². The Morgan fingerprint density at radius 1 is 0.947 bits per heavy atom. The summed E-state index contributed by atoms with van der Waals surface area (Å²) < 4.78 is 13.3. The van der Waals surface area contributed by atoms with Gasteiger partial charge in [-0.15, -0.1) is 0 Å². The molecule has 0 spiro atoms. The summed E-state index contributed by atoms with van der Waals surface area (Å²) in [6.07, 6.45) is 2.08. The maximum absolute atomic E-state index is 13.3. The number of aryl methyl sites for hydroxylation is 2. The minimum Gasteiger partial charge on any atom is -0.207 e. The van der Waals surface area contributed by atoms with Crippen molar-refractivity contribution in [3.8, 4) is 0 Å². The van der Waals surface area contributed by atoms with Gasteiger partial charge in [-0.1, -0.05) is 60.1 Å². The summed E-state index contributed by atoms with van der Waals surface area (Å²) in [5, 5.41) is 0. The molecule has 0 nitrogen and oxygen atoms in total. The Hall–Kier alpha value is -1.15. The quantitative estimate of drug-likeness (QED) is 0.658. The molecule has 0 N–H and O–H groups in total. The number of hydrogen-bond donors (Lipinski definition) is 0. The predicted octanol–water partition coefficient (Wildman–Crippen LogP) is 5.43. The predicted molar refractivity (Wildman–Crippen MR) is 82.4 cm³/mol. The van der Waals surface area contributed by atoms with Gasteiger partial charge in [-0.3, -0.25) is 0 Å². The highest BCUT2D eigenvalue weighted by molar-refractivity contribution is 9.09. The smallest absolute Gasteiger partial charge is 0.123 e. The third kappa shape index (κ3) is 3.24. The number of halogens is 2. The number of hydrogen-bond acceptors (Lipinski definition) is 0. The molecule has 0 aromatic heterocycles. The second-order valence-corrected chi connectivity index (χ2v) is 5.57. The summed E-state index contributed by atoms with van der Waals surface area (Å²) in [4.78, 5) is 0.0411. The summed E-state index contributed by atoms with van der Waals surface area (Å²) in [5.74, 6) is -0.192. The fourth-order valence-electron chi connectivity index (χ4n) is 2.33. The molecule has 2 aromatic rings. The first-order valence-corrected chi connectivity index (χ1v) is 7.58. The third-order valence-electron chi connectivity index (χ3n) is 3.43. The zero-order valence-electron chi connectivity index (χ0n) is 11.3. The summed E-state index contributed by atoms with van der Waals surface area (Å²) in [5.41, 5.74) is 4.90. The van der Waals surface area contributed by atoms with E-state index in [0.29, 0.717) is 0 Å². The minimum atomic E-state index is -0.192. The van der Waals surface area contributed by atoms with E-state index in [4.69, 9.17) is 0 Å².